The van der Waals surface area contributed by atoms with Gasteiger partial charge in [0.25, 0.3) is 0 Å². The second-order valence-electron chi connectivity index (χ2n) is 4.80. The summed E-state index contributed by atoms with van der Waals surface area (Å²) in [5, 5.41) is 13.2. The molecule has 18 heavy (non-hydrogen) atoms. The molecule has 100 valence electrons. The number of nitrogens with one attached hydrogen (secondary N) is 1. The highest BCUT2D eigenvalue weighted by molar-refractivity contribution is 6.30. The third kappa shape index (κ3) is 3.57. The van der Waals surface area contributed by atoms with Gasteiger partial charge >= 0.3 is 0 Å². The summed E-state index contributed by atoms with van der Waals surface area (Å²) in [7, 11) is 0. The molecule has 1 aromatic heterocycles. The van der Waals surface area contributed by atoms with Crippen LogP contribution in [0.15, 0.2) is 18.3 Å². The van der Waals surface area contributed by atoms with Gasteiger partial charge in [-0.1, -0.05) is 11.6 Å². The number of rotatable bonds is 5. The van der Waals surface area contributed by atoms with Gasteiger partial charge in [0.1, 0.15) is 5.82 Å². The van der Waals surface area contributed by atoms with E-state index in [1.807, 2.05) is 12.1 Å². The molecule has 4 nitrogen and oxygen atoms in total. The van der Waals surface area contributed by atoms with Crippen molar-refractivity contribution in [3.05, 3.63) is 23.4 Å². The topological polar surface area (TPSA) is 54.4 Å². The van der Waals surface area contributed by atoms with Crippen LogP contribution < -0.4 is 5.32 Å². The first-order chi connectivity index (χ1) is 8.74. The monoisotopic (exact) mass is 270 g/mol. The van der Waals surface area contributed by atoms with E-state index < -0.39 is 0 Å². The van der Waals surface area contributed by atoms with Gasteiger partial charge in [-0.25, -0.2) is 4.98 Å². The molecule has 0 spiro atoms. The molecule has 0 atom stereocenters. The van der Waals surface area contributed by atoms with E-state index in [0.717, 1.165) is 44.8 Å². The minimum Gasteiger partial charge on any atom is -0.396 e. The Hall–Kier alpha value is -0.840. The first-order valence-corrected chi connectivity index (χ1v) is 6.66. The van der Waals surface area contributed by atoms with E-state index in [1.54, 1.807) is 6.20 Å². The summed E-state index contributed by atoms with van der Waals surface area (Å²) in [6.45, 7) is 2.58. The second-order valence-corrected chi connectivity index (χ2v) is 5.24. The molecule has 1 saturated heterocycles. The Labute approximate surface area is 112 Å². The molecule has 1 fully saturated rings. The Balaban J connectivity index is 1.94. The van der Waals surface area contributed by atoms with Crippen molar-refractivity contribution in [2.24, 2.45) is 5.41 Å². The highest BCUT2D eigenvalue weighted by Crippen LogP contribution is 2.34. The predicted molar refractivity (Wildman–Crippen MR) is 71.9 cm³/mol. The Morgan fingerprint density at radius 2 is 2.17 bits per heavy atom. The zero-order chi connectivity index (χ0) is 12.8. The van der Waals surface area contributed by atoms with Crippen molar-refractivity contribution < 1.29 is 9.84 Å². The quantitative estimate of drug-likeness (QED) is 0.862. The van der Waals surface area contributed by atoms with Crippen molar-refractivity contribution in [1.29, 1.82) is 0 Å². The average molecular weight is 271 g/mol. The zero-order valence-electron chi connectivity index (χ0n) is 10.4. The summed E-state index contributed by atoms with van der Waals surface area (Å²) in [5.41, 5.74) is 0.119. The van der Waals surface area contributed by atoms with E-state index in [9.17, 15) is 5.11 Å². The summed E-state index contributed by atoms with van der Waals surface area (Å²) in [6.07, 6.45) is 4.39. The van der Waals surface area contributed by atoms with Gasteiger partial charge in [-0.15, -0.1) is 0 Å². The van der Waals surface area contributed by atoms with E-state index in [-0.39, 0.29) is 12.0 Å². The number of pyridine rings is 1. The maximum Gasteiger partial charge on any atom is 0.126 e. The van der Waals surface area contributed by atoms with Crippen molar-refractivity contribution >= 4 is 17.4 Å². The van der Waals surface area contributed by atoms with Crippen molar-refractivity contribution in [2.75, 3.05) is 31.7 Å². The van der Waals surface area contributed by atoms with Crippen LogP contribution in [0.1, 0.15) is 19.3 Å². The number of hydrogen-bond donors (Lipinski definition) is 2. The normalized spacial score (nSPS) is 18.6. The van der Waals surface area contributed by atoms with Crippen LogP contribution in [0.2, 0.25) is 5.02 Å². The van der Waals surface area contributed by atoms with Gasteiger partial charge in [0.05, 0.1) is 5.02 Å². The van der Waals surface area contributed by atoms with Crippen LogP contribution in [-0.4, -0.2) is 36.5 Å². The van der Waals surface area contributed by atoms with Gasteiger partial charge in [0.2, 0.25) is 0 Å². The molecule has 1 aliphatic heterocycles. The van der Waals surface area contributed by atoms with E-state index in [0.29, 0.717) is 5.02 Å². The number of halogens is 1. The van der Waals surface area contributed by atoms with Crippen molar-refractivity contribution in [3.63, 3.8) is 0 Å². The Morgan fingerprint density at radius 3 is 2.78 bits per heavy atom. The molecule has 0 amide bonds. The third-order valence-electron chi connectivity index (χ3n) is 3.57. The van der Waals surface area contributed by atoms with E-state index in [2.05, 4.69) is 10.3 Å². The molecule has 0 unspecified atom stereocenters. The number of nitrogens with zero attached hydrogens (tertiary/aromatic N) is 1. The van der Waals surface area contributed by atoms with Gasteiger partial charge < -0.3 is 15.2 Å². The minimum absolute atomic E-state index is 0.119. The smallest absolute Gasteiger partial charge is 0.126 e. The number of aromatic nitrogens is 1. The molecule has 0 saturated carbocycles. The van der Waals surface area contributed by atoms with Crippen LogP contribution in [0.3, 0.4) is 0 Å². The standard InChI is InChI=1S/C13H19ClN2O2/c14-11-1-2-12(15-9-11)16-10-13(3-6-17)4-7-18-8-5-13/h1-2,9,17H,3-8,10H2,(H,15,16). The molecule has 2 rings (SSSR count). The number of aliphatic hydroxyl groups excluding tert-OH is 1. The molecule has 2 N–H and O–H groups in total. The molecule has 0 radical (unpaired) electrons. The zero-order valence-corrected chi connectivity index (χ0v) is 11.1. The number of aliphatic hydroxyl groups is 1. The summed E-state index contributed by atoms with van der Waals surface area (Å²) in [6, 6.07) is 3.69. The van der Waals surface area contributed by atoms with Crippen LogP contribution in [0.25, 0.3) is 0 Å². The van der Waals surface area contributed by atoms with Crippen LogP contribution >= 0.6 is 11.6 Å². The van der Waals surface area contributed by atoms with Crippen molar-refractivity contribution in [1.82, 2.24) is 4.98 Å². The lowest BCUT2D eigenvalue weighted by Crippen LogP contribution is -2.37. The number of hydrogen-bond acceptors (Lipinski definition) is 4. The van der Waals surface area contributed by atoms with Crippen LogP contribution in [-0.2, 0) is 4.74 Å². The molecule has 1 aliphatic rings. The Morgan fingerprint density at radius 1 is 1.39 bits per heavy atom. The molecule has 2 heterocycles. The number of ether oxygens (including phenoxy) is 1. The largest absolute Gasteiger partial charge is 0.396 e. The number of anilines is 1. The van der Waals surface area contributed by atoms with E-state index >= 15 is 0 Å². The molecule has 1 aromatic rings. The van der Waals surface area contributed by atoms with Crippen LogP contribution in [0.5, 0.6) is 0 Å². The Bertz CT molecular complexity index is 358. The average Bonchev–Trinajstić information content (AvgIpc) is 2.40. The van der Waals surface area contributed by atoms with Crippen LogP contribution in [0, 0.1) is 5.41 Å². The van der Waals surface area contributed by atoms with Gasteiger partial charge in [-0.3, -0.25) is 0 Å². The highest BCUT2D eigenvalue weighted by atomic mass is 35.5. The Kier molecular flexibility index (Phi) is 4.80. The molecular formula is C13H19ClN2O2. The molecule has 0 aliphatic carbocycles. The van der Waals surface area contributed by atoms with Crippen molar-refractivity contribution in [3.8, 4) is 0 Å². The van der Waals surface area contributed by atoms with E-state index in [1.165, 1.54) is 0 Å². The second kappa shape index (κ2) is 6.36. The SMILES string of the molecule is OCCC1(CNc2ccc(Cl)cn2)CCOCC1. The first-order valence-electron chi connectivity index (χ1n) is 6.28. The summed E-state index contributed by atoms with van der Waals surface area (Å²) in [5.74, 6) is 0.822. The first kappa shape index (κ1) is 13.6. The predicted octanol–water partition coefficient (Wildman–Crippen LogP) is 2.33. The summed E-state index contributed by atoms with van der Waals surface area (Å²) < 4.78 is 5.40. The fraction of sp³-hybridized carbons (Fsp3) is 0.615. The molecule has 0 bridgehead atoms. The van der Waals surface area contributed by atoms with Gasteiger partial charge in [-0.05, 0) is 36.8 Å². The van der Waals surface area contributed by atoms with Gasteiger partial charge in [-0.2, -0.15) is 0 Å². The third-order valence-corrected chi connectivity index (χ3v) is 3.79. The summed E-state index contributed by atoms with van der Waals surface area (Å²) >= 11 is 5.80. The maximum absolute atomic E-state index is 9.22. The maximum atomic E-state index is 9.22. The molecule has 0 aromatic carbocycles. The summed E-state index contributed by atoms with van der Waals surface area (Å²) in [4.78, 5) is 4.22. The molecular weight excluding hydrogens is 252 g/mol. The fourth-order valence-electron chi connectivity index (χ4n) is 2.32. The highest BCUT2D eigenvalue weighted by Gasteiger charge is 2.31. The lowest BCUT2D eigenvalue weighted by molar-refractivity contribution is 0.00901. The fourth-order valence-corrected chi connectivity index (χ4v) is 2.43. The minimum atomic E-state index is 0.119. The lowest BCUT2D eigenvalue weighted by Gasteiger charge is -2.37. The van der Waals surface area contributed by atoms with Gasteiger partial charge in [0, 0.05) is 32.6 Å². The van der Waals surface area contributed by atoms with Crippen molar-refractivity contribution in [2.45, 2.75) is 19.3 Å². The van der Waals surface area contributed by atoms with Crippen LogP contribution in [0.4, 0.5) is 5.82 Å². The van der Waals surface area contributed by atoms with Gasteiger partial charge in [0.15, 0.2) is 0 Å². The molecule has 5 heteroatoms. The lowest BCUT2D eigenvalue weighted by atomic mass is 9.77. The van der Waals surface area contributed by atoms with E-state index in [4.69, 9.17) is 16.3 Å².